The minimum atomic E-state index is -0.988. The molecule has 16 heavy (non-hydrogen) atoms. The van der Waals surface area contributed by atoms with Crippen LogP contribution in [0.5, 0.6) is 5.75 Å². The van der Waals surface area contributed by atoms with Gasteiger partial charge < -0.3 is 15.6 Å². The van der Waals surface area contributed by atoms with Gasteiger partial charge in [0.05, 0.1) is 7.11 Å². The van der Waals surface area contributed by atoms with Gasteiger partial charge in [-0.15, -0.1) is 12.4 Å². The third kappa shape index (κ3) is 3.40. The van der Waals surface area contributed by atoms with Crippen LogP contribution in [0, 0.1) is 0 Å². The molecule has 90 valence electrons. The number of ether oxygens (including phenoxy) is 1. The van der Waals surface area contributed by atoms with Gasteiger partial charge in [-0.1, -0.05) is 19.1 Å². The molecule has 2 atom stereocenters. The summed E-state index contributed by atoms with van der Waals surface area (Å²) in [4.78, 5) is 10.7. The summed E-state index contributed by atoms with van der Waals surface area (Å²) in [6, 6.07) is 6.36. The lowest BCUT2D eigenvalue weighted by atomic mass is 9.94. The molecule has 0 aliphatic carbocycles. The SMILES string of the molecule is COc1ccc([C@H](C)[C@H](N)C(=O)O)cc1.Cl. The topological polar surface area (TPSA) is 72.5 Å². The fourth-order valence-corrected chi connectivity index (χ4v) is 1.33. The van der Waals surface area contributed by atoms with Crippen molar-refractivity contribution in [2.45, 2.75) is 18.9 Å². The Hall–Kier alpha value is -1.26. The number of hydrogen-bond acceptors (Lipinski definition) is 3. The number of benzene rings is 1. The Balaban J connectivity index is 0.00000225. The second-order valence-corrected chi connectivity index (χ2v) is 3.43. The van der Waals surface area contributed by atoms with E-state index in [9.17, 15) is 4.79 Å². The summed E-state index contributed by atoms with van der Waals surface area (Å²) in [5.41, 5.74) is 6.43. The standard InChI is InChI=1S/C11H15NO3.ClH/c1-7(10(12)11(13)14)8-3-5-9(15-2)6-4-8;/h3-7,10H,12H2,1-2H3,(H,13,14);1H/t7-,10-;/m0./s1. The Kier molecular flexibility index (Phi) is 5.85. The molecule has 1 rings (SSSR count). The second-order valence-electron chi connectivity index (χ2n) is 3.43. The van der Waals surface area contributed by atoms with Gasteiger partial charge in [0.25, 0.3) is 0 Å². The maximum absolute atomic E-state index is 10.7. The predicted molar refractivity (Wildman–Crippen MR) is 64.3 cm³/mol. The van der Waals surface area contributed by atoms with E-state index in [1.165, 1.54) is 0 Å². The van der Waals surface area contributed by atoms with Crippen molar-refractivity contribution in [2.75, 3.05) is 7.11 Å². The molecule has 0 heterocycles. The lowest BCUT2D eigenvalue weighted by Gasteiger charge is -2.16. The average Bonchev–Trinajstić information content (AvgIpc) is 2.27. The van der Waals surface area contributed by atoms with Crippen molar-refractivity contribution in [1.29, 1.82) is 0 Å². The monoisotopic (exact) mass is 245 g/mol. The molecule has 0 bridgehead atoms. The fourth-order valence-electron chi connectivity index (χ4n) is 1.33. The van der Waals surface area contributed by atoms with Crippen molar-refractivity contribution in [3.8, 4) is 5.75 Å². The van der Waals surface area contributed by atoms with Crippen molar-refractivity contribution in [2.24, 2.45) is 5.73 Å². The lowest BCUT2D eigenvalue weighted by molar-refractivity contribution is -0.139. The van der Waals surface area contributed by atoms with E-state index in [0.717, 1.165) is 11.3 Å². The highest BCUT2D eigenvalue weighted by molar-refractivity contribution is 5.85. The number of carboxylic acid groups (broad SMARTS) is 1. The largest absolute Gasteiger partial charge is 0.497 e. The number of methoxy groups -OCH3 is 1. The minimum absolute atomic E-state index is 0. The molecular weight excluding hydrogens is 230 g/mol. The van der Waals surface area contributed by atoms with Crippen molar-refractivity contribution < 1.29 is 14.6 Å². The highest BCUT2D eigenvalue weighted by Crippen LogP contribution is 2.21. The van der Waals surface area contributed by atoms with Gasteiger partial charge in [0.15, 0.2) is 0 Å². The molecule has 3 N–H and O–H groups in total. The highest BCUT2D eigenvalue weighted by atomic mass is 35.5. The number of carbonyl (C=O) groups is 1. The zero-order valence-electron chi connectivity index (χ0n) is 9.21. The smallest absolute Gasteiger partial charge is 0.321 e. The molecule has 0 radical (unpaired) electrons. The van der Waals surface area contributed by atoms with E-state index in [1.54, 1.807) is 26.2 Å². The van der Waals surface area contributed by atoms with Crippen LogP contribution in [-0.2, 0) is 4.79 Å². The van der Waals surface area contributed by atoms with E-state index >= 15 is 0 Å². The van der Waals surface area contributed by atoms with E-state index in [-0.39, 0.29) is 18.3 Å². The van der Waals surface area contributed by atoms with Crippen LogP contribution in [0.4, 0.5) is 0 Å². The van der Waals surface area contributed by atoms with Gasteiger partial charge in [0.2, 0.25) is 0 Å². The van der Waals surface area contributed by atoms with Crippen LogP contribution in [0.15, 0.2) is 24.3 Å². The molecule has 0 aliphatic heterocycles. The van der Waals surface area contributed by atoms with Gasteiger partial charge >= 0.3 is 5.97 Å². The molecule has 1 aromatic rings. The molecule has 1 aromatic carbocycles. The Labute approximate surface area is 101 Å². The van der Waals surface area contributed by atoms with Gasteiger partial charge in [-0.05, 0) is 17.7 Å². The third-order valence-corrected chi connectivity index (χ3v) is 2.47. The maximum Gasteiger partial charge on any atom is 0.321 e. The van der Waals surface area contributed by atoms with Crippen molar-refractivity contribution >= 4 is 18.4 Å². The Bertz CT molecular complexity index is 340. The zero-order chi connectivity index (χ0) is 11.4. The molecule has 0 aliphatic rings. The lowest BCUT2D eigenvalue weighted by Crippen LogP contribution is -2.35. The van der Waals surface area contributed by atoms with E-state index in [4.69, 9.17) is 15.6 Å². The Morgan fingerprint density at radius 1 is 1.38 bits per heavy atom. The van der Waals surface area contributed by atoms with Crippen LogP contribution in [0.25, 0.3) is 0 Å². The first-order valence-electron chi connectivity index (χ1n) is 4.68. The van der Waals surface area contributed by atoms with Crippen LogP contribution < -0.4 is 10.5 Å². The van der Waals surface area contributed by atoms with Crippen LogP contribution in [0.1, 0.15) is 18.4 Å². The summed E-state index contributed by atoms with van der Waals surface area (Å²) in [5.74, 6) is -0.457. The number of halogens is 1. The van der Waals surface area contributed by atoms with E-state index in [1.807, 2.05) is 12.1 Å². The first kappa shape index (κ1) is 14.7. The van der Waals surface area contributed by atoms with Gasteiger partial charge in [0.1, 0.15) is 11.8 Å². The number of carboxylic acids is 1. The minimum Gasteiger partial charge on any atom is -0.497 e. The van der Waals surface area contributed by atoms with Crippen LogP contribution in [-0.4, -0.2) is 24.2 Å². The molecule has 4 nitrogen and oxygen atoms in total. The number of aliphatic carboxylic acids is 1. The summed E-state index contributed by atoms with van der Waals surface area (Å²) >= 11 is 0. The molecule has 0 aromatic heterocycles. The molecule has 0 fully saturated rings. The van der Waals surface area contributed by atoms with Gasteiger partial charge in [-0.2, -0.15) is 0 Å². The second kappa shape index (κ2) is 6.35. The molecule has 0 saturated carbocycles. The quantitative estimate of drug-likeness (QED) is 0.846. The van der Waals surface area contributed by atoms with Gasteiger partial charge in [0, 0.05) is 5.92 Å². The Morgan fingerprint density at radius 3 is 2.25 bits per heavy atom. The third-order valence-electron chi connectivity index (χ3n) is 2.47. The fraction of sp³-hybridized carbons (Fsp3) is 0.364. The summed E-state index contributed by atoms with van der Waals surface area (Å²) in [5, 5.41) is 8.76. The van der Waals surface area contributed by atoms with Gasteiger partial charge in [-0.3, -0.25) is 4.79 Å². The van der Waals surface area contributed by atoms with E-state index in [2.05, 4.69) is 0 Å². The van der Waals surface area contributed by atoms with Crippen molar-refractivity contribution in [3.05, 3.63) is 29.8 Å². The summed E-state index contributed by atoms with van der Waals surface area (Å²) in [6.45, 7) is 1.79. The average molecular weight is 246 g/mol. The van der Waals surface area contributed by atoms with Crippen molar-refractivity contribution in [1.82, 2.24) is 0 Å². The molecular formula is C11H16ClNO3. The predicted octanol–water partition coefficient (Wildman–Crippen LogP) is 1.63. The van der Waals surface area contributed by atoms with Crippen LogP contribution >= 0.6 is 12.4 Å². The first-order valence-corrected chi connectivity index (χ1v) is 4.68. The molecule has 0 unspecified atom stereocenters. The number of rotatable bonds is 4. The molecule has 0 amide bonds. The van der Waals surface area contributed by atoms with Crippen LogP contribution in [0.2, 0.25) is 0 Å². The zero-order valence-corrected chi connectivity index (χ0v) is 10.0. The maximum atomic E-state index is 10.7. The molecule has 5 heteroatoms. The molecule has 0 saturated heterocycles. The van der Waals surface area contributed by atoms with Gasteiger partial charge in [-0.25, -0.2) is 0 Å². The Morgan fingerprint density at radius 2 is 1.88 bits per heavy atom. The molecule has 0 spiro atoms. The summed E-state index contributed by atoms with van der Waals surface area (Å²) in [6.07, 6.45) is 0. The summed E-state index contributed by atoms with van der Waals surface area (Å²) in [7, 11) is 1.58. The van der Waals surface area contributed by atoms with E-state index in [0.29, 0.717) is 0 Å². The normalized spacial score (nSPS) is 13.4. The number of hydrogen-bond donors (Lipinski definition) is 2. The first-order chi connectivity index (χ1) is 7.06. The van der Waals surface area contributed by atoms with Crippen molar-refractivity contribution in [3.63, 3.8) is 0 Å². The highest BCUT2D eigenvalue weighted by Gasteiger charge is 2.21. The van der Waals surface area contributed by atoms with Crippen LogP contribution in [0.3, 0.4) is 0 Å². The summed E-state index contributed by atoms with van der Waals surface area (Å²) < 4.78 is 5.01. The number of nitrogens with two attached hydrogens (primary N) is 1. The van der Waals surface area contributed by atoms with E-state index < -0.39 is 12.0 Å².